The highest BCUT2D eigenvalue weighted by atomic mass is 32.1. The van der Waals surface area contributed by atoms with Crippen LogP contribution in [0.5, 0.6) is 11.5 Å². The van der Waals surface area contributed by atoms with Gasteiger partial charge in [0.1, 0.15) is 0 Å². The summed E-state index contributed by atoms with van der Waals surface area (Å²) in [5, 5.41) is 6.35. The number of nitrogens with zero attached hydrogens (tertiary/aromatic N) is 3. The van der Waals surface area contributed by atoms with E-state index in [1.54, 1.807) is 18.4 Å². The summed E-state index contributed by atoms with van der Waals surface area (Å²) in [6.07, 6.45) is 10.2. The van der Waals surface area contributed by atoms with Crippen molar-refractivity contribution in [2.45, 2.75) is 32.6 Å². The monoisotopic (exact) mass is 467 g/mol. The number of hydrogen-bond acceptors (Lipinski definition) is 7. The Kier molecular flexibility index (Phi) is 7.34. The Hall–Kier alpha value is -2.97. The molecule has 3 heterocycles. The Labute approximate surface area is 194 Å². The molecule has 166 valence electrons. The number of unbranched alkanes of at least 4 members (excludes halogenated alkanes) is 3. The zero-order valence-corrected chi connectivity index (χ0v) is 19.7. The summed E-state index contributed by atoms with van der Waals surface area (Å²) in [4.78, 5) is 18.9. The van der Waals surface area contributed by atoms with E-state index in [1.165, 1.54) is 28.7 Å². The smallest absolute Gasteiger partial charge is 0.291 e. The highest BCUT2D eigenvalue weighted by Crippen LogP contribution is 2.28. The fourth-order valence-corrected chi connectivity index (χ4v) is 4.75. The maximum absolute atomic E-state index is 12.8. The molecule has 1 aromatic carbocycles. The summed E-state index contributed by atoms with van der Waals surface area (Å²) < 4.78 is 13.3. The number of methoxy groups -OCH3 is 1. The second-order valence-electron chi connectivity index (χ2n) is 7.25. The lowest BCUT2D eigenvalue weighted by Crippen LogP contribution is -2.23. The van der Waals surface area contributed by atoms with Gasteiger partial charge < -0.3 is 9.47 Å². The molecule has 0 N–H and O–H groups in total. The van der Waals surface area contributed by atoms with Gasteiger partial charge in [-0.15, -0.1) is 16.4 Å². The standard InChI is InChI=1S/C24H25N3O3S2/c1-3-4-5-6-13-30-19-11-9-17(15-20(19)29-2)16-21-23(28)27-24(32-21)25-22(26-27)12-10-18-8-7-14-31-18/h7-12,14-16H,3-6,13H2,1-2H3. The molecule has 0 unspecified atom stereocenters. The lowest BCUT2D eigenvalue weighted by atomic mass is 10.2. The van der Waals surface area contributed by atoms with Gasteiger partial charge in [-0.25, -0.2) is 0 Å². The normalized spacial score (nSPS) is 12.2. The summed E-state index contributed by atoms with van der Waals surface area (Å²) in [6, 6.07) is 9.70. The third kappa shape index (κ3) is 5.26. The number of rotatable bonds is 10. The van der Waals surface area contributed by atoms with Crippen LogP contribution in [-0.4, -0.2) is 28.3 Å². The lowest BCUT2D eigenvalue weighted by molar-refractivity contribution is 0.285. The van der Waals surface area contributed by atoms with Crippen LogP contribution in [-0.2, 0) is 0 Å². The summed E-state index contributed by atoms with van der Waals surface area (Å²) in [5.41, 5.74) is 0.683. The number of ether oxygens (including phenoxy) is 2. The highest BCUT2D eigenvalue weighted by molar-refractivity contribution is 7.15. The molecule has 0 bridgehead atoms. The summed E-state index contributed by atoms with van der Waals surface area (Å²) in [5.74, 6) is 1.89. The zero-order valence-electron chi connectivity index (χ0n) is 18.1. The van der Waals surface area contributed by atoms with Crippen molar-refractivity contribution in [1.82, 2.24) is 14.6 Å². The third-order valence-corrected chi connectivity index (χ3v) is 6.68. The van der Waals surface area contributed by atoms with Gasteiger partial charge in [0, 0.05) is 4.88 Å². The Balaban J connectivity index is 1.52. The molecular weight excluding hydrogens is 442 g/mol. The Morgan fingerprint density at radius 2 is 2.03 bits per heavy atom. The van der Waals surface area contributed by atoms with Crippen LogP contribution >= 0.6 is 22.7 Å². The van der Waals surface area contributed by atoms with Crippen LogP contribution in [0.4, 0.5) is 0 Å². The van der Waals surface area contributed by atoms with Gasteiger partial charge >= 0.3 is 0 Å². The van der Waals surface area contributed by atoms with Crippen molar-refractivity contribution in [3.63, 3.8) is 0 Å². The molecule has 0 saturated carbocycles. The number of aromatic nitrogens is 3. The van der Waals surface area contributed by atoms with E-state index in [9.17, 15) is 4.79 Å². The Bertz CT molecular complexity index is 1310. The van der Waals surface area contributed by atoms with Crippen LogP contribution < -0.4 is 19.6 Å². The van der Waals surface area contributed by atoms with Crippen LogP contribution in [0.3, 0.4) is 0 Å². The van der Waals surface area contributed by atoms with Crippen molar-refractivity contribution >= 4 is 45.9 Å². The molecule has 32 heavy (non-hydrogen) atoms. The zero-order chi connectivity index (χ0) is 22.3. The molecule has 0 atom stereocenters. The van der Waals surface area contributed by atoms with Gasteiger partial charge in [-0.05, 0) is 53.8 Å². The minimum Gasteiger partial charge on any atom is -0.493 e. The number of thiophene rings is 1. The molecule has 0 saturated heterocycles. The van der Waals surface area contributed by atoms with Gasteiger partial charge in [0.05, 0.1) is 18.2 Å². The largest absolute Gasteiger partial charge is 0.493 e. The van der Waals surface area contributed by atoms with Gasteiger partial charge in [0.15, 0.2) is 17.3 Å². The lowest BCUT2D eigenvalue weighted by Gasteiger charge is -2.11. The van der Waals surface area contributed by atoms with Crippen LogP contribution in [0.25, 0.3) is 23.2 Å². The predicted molar refractivity (Wildman–Crippen MR) is 132 cm³/mol. The van der Waals surface area contributed by atoms with Crippen LogP contribution in [0.15, 0.2) is 40.5 Å². The molecule has 0 aliphatic heterocycles. The van der Waals surface area contributed by atoms with Crippen molar-refractivity contribution in [3.05, 3.63) is 66.9 Å². The molecular formula is C24H25N3O3S2. The minimum absolute atomic E-state index is 0.177. The summed E-state index contributed by atoms with van der Waals surface area (Å²) >= 11 is 2.96. The average Bonchev–Trinajstić information content (AvgIpc) is 3.52. The molecule has 0 radical (unpaired) electrons. The number of hydrogen-bond donors (Lipinski definition) is 0. The maximum atomic E-state index is 12.8. The summed E-state index contributed by atoms with van der Waals surface area (Å²) in [6.45, 7) is 2.86. The maximum Gasteiger partial charge on any atom is 0.291 e. The molecule has 0 fully saturated rings. The van der Waals surface area contributed by atoms with Gasteiger partial charge in [-0.3, -0.25) is 4.79 Å². The molecule has 0 aliphatic carbocycles. The number of thiazole rings is 1. The molecule has 3 aromatic heterocycles. The van der Waals surface area contributed by atoms with Gasteiger partial charge in [0.25, 0.3) is 5.56 Å². The van der Waals surface area contributed by atoms with E-state index in [0.29, 0.717) is 33.4 Å². The SMILES string of the molecule is CCCCCCOc1ccc(C=c2sc3nc(C=Cc4cccs4)nn3c2=O)cc1OC. The van der Waals surface area contributed by atoms with Crippen LogP contribution in [0, 0.1) is 0 Å². The first-order chi connectivity index (χ1) is 15.7. The van der Waals surface area contributed by atoms with E-state index in [1.807, 2.05) is 53.9 Å². The van der Waals surface area contributed by atoms with Gasteiger partial charge in [-0.2, -0.15) is 9.50 Å². The second-order valence-corrected chi connectivity index (χ2v) is 9.24. The van der Waals surface area contributed by atoms with Crippen LogP contribution in [0.2, 0.25) is 0 Å². The van der Waals surface area contributed by atoms with Crippen molar-refractivity contribution in [2.24, 2.45) is 0 Å². The van der Waals surface area contributed by atoms with Crippen LogP contribution in [0.1, 0.15) is 48.9 Å². The number of fused-ring (bicyclic) bond motifs is 1. The van der Waals surface area contributed by atoms with Crippen molar-refractivity contribution in [1.29, 1.82) is 0 Å². The van der Waals surface area contributed by atoms with Crippen molar-refractivity contribution < 1.29 is 9.47 Å². The molecule has 4 aromatic rings. The first kappa shape index (κ1) is 22.2. The van der Waals surface area contributed by atoms with Crippen molar-refractivity contribution in [2.75, 3.05) is 13.7 Å². The quantitative estimate of drug-likeness (QED) is 0.311. The molecule has 0 amide bonds. The fourth-order valence-electron chi connectivity index (χ4n) is 3.22. The molecule has 4 rings (SSSR count). The minimum atomic E-state index is -0.177. The van der Waals surface area contributed by atoms with E-state index in [4.69, 9.17) is 9.47 Å². The first-order valence-electron chi connectivity index (χ1n) is 10.6. The molecule has 0 spiro atoms. The fraction of sp³-hybridized carbons (Fsp3) is 0.292. The highest BCUT2D eigenvalue weighted by Gasteiger charge is 2.10. The Morgan fingerprint density at radius 1 is 1.12 bits per heavy atom. The number of benzene rings is 1. The molecule has 0 aliphatic rings. The first-order valence-corrected chi connectivity index (χ1v) is 12.3. The average molecular weight is 468 g/mol. The van der Waals surface area contributed by atoms with E-state index in [-0.39, 0.29) is 5.56 Å². The van der Waals surface area contributed by atoms with Crippen molar-refractivity contribution in [3.8, 4) is 11.5 Å². The van der Waals surface area contributed by atoms with E-state index >= 15 is 0 Å². The van der Waals surface area contributed by atoms with Gasteiger partial charge in [-0.1, -0.05) is 49.7 Å². The third-order valence-electron chi connectivity index (χ3n) is 4.88. The van der Waals surface area contributed by atoms with E-state index in [0.717, 1.165) is 23.3 Å². The molecule has 6 nitrogen and oxygen atoms in total. The predicted octanol–water partition coefficient (Wildman–Crippen LogP) is 4.90. The topological polar surface area (TPSA) is 65.7 Å². The van der Waals surface area contributed by atoms with E-state index < -0.39 is 0 Å². The second kappa shape index (κ2) is 10.6. The molecule has 8 heteroatoms. The van der Waals surface area contributed by atoms with Gasteiger partial charge in [0.2, 0.25) is 4.96 Å². The Morgan fingerprint density at radius 3 is 2.78 bits per heavy atom. The van der Waals surface area contributed by atoms with E-state index in [2.05, 4.69) is 17.0 Å². The summed E-state index contributed by atoms with van der Waals surface area (Å²) in [7, 11) is 1.62.